The van der Waals surface area contributed by atoms with Crippen molar-refractivity contribution in [2.45, 2.75) is 25.1 Å². The molecule has 0 aliphatic heterocycles. The Morgan fingerprint density at radius 1 is 0.950 bits per heavy atom. The Balaban J connectivity index is 2.21. The van der Waals surface area contributed by atoms with Crippen molar-refractivity contribution in [3.63, 3.8) is 0 Å². The lowest BCUT2D eigenvalue weighted by molar-refractivity contribution is -0.137. The van der Waals surface area contributed by atoms with Crippen LogP contribution in [0.2, 0.25) is 0 Å². The number of hydrogen-bond acceptors (Lipinski definition) is 1. The van der Waals surface area contributed by atoms with Crippen molar-refractivity contribution in [3.05, 3.63) is 59.2 Å². The summed E-state index contributed by atoms with van der Waals surface area (Å²) in [5, 5.41) is 0. The van der Waals surface area contributed by atoms with Crippen molar-refractivity contribution in [1.29, 1.82) is 0 Å². The molecule has 1 aliphatic carbocycles. The van der Waals surface area contributed by atoms with E-state index in [0.717, 1.165) is 30.0 Å². The molecule has 1 aliphatic rings. The highest BCUT2D eigenvalue weighted by Crippen LogP contribution is 2.41. The fourth-order valence-electron chi connectivity index (χ4n) is 2.90. The first-order valence-corrected chi connectivity index (χ1v) is 6.52. The Morgan fingerprint density at radius 2 is 1.65 bits per heavy atom. The van der Waals surface area contributed by atoms with E-state index in [4.69, 9.17) is 5.73 Å². The molecule has 3 rings (SSSR count). The quantitative estimate of drug-likeness (QED) is 0.825. The van der Waals surface area contributed by atoms with Crippen molar-refractivity contribution in [2.75, 3.05) is 0 Å². The van der Waals surface area contributed by atoms with Gasteiger partial charge in [-0.05, 0) is 41.2 Å². The first-order chi connectivity index (χ1) is 9.48. The molecule has 4 heteroatoms. The predicted octanol–water partition coefficient (Wildman–Crippen LogP) is 4.32. The maximum atomic E-state index is 13.1. The summed E-state index contributed by atoms with van der Waals surface area (Å²) < 4.78 is 39.4. The molecule has 20 heavy (non-hydrogen) atoms. The van der Waals surface area contributed by atoms with Crippen LogP contribution in [-0.4, -0.2) is 0 Å². The third kappa shape index (κ3) is 2.10. The Hall–Kier alpha value is -1.81. The summed E-state index contributed by atoms with van der Waals surface area (Å²) in [5.74, 6) is 0. The summed E-state index contributed by atoms with van der Waals surface area (Å²) in [6, 6.07) is 11.1. The van der Waals surface area contributed by atoms with Gasteiger partial charge in [0.2, 0.25) is 0 Å². The minimum absolute atomic E-state index is 0.0667. The van der Waals surface area contributed by atoms with E-state index in [1.165, 1.54) is 12.1 Å². The van der Waals surface area contributed by atoms with Gasteiger partial charge in [0.1, 0.15) is 0 Å². The molecule has 1 atom stereocenters. The van der Waals surface area contributed by atoms with E-state index in [1.54, 1.807) is 18.2 Å². The summed E-state index contributed by atoms with van der Waals surface area (Å²) >= 11 is 0. The van der Waals surface area contributed by atoms with E-state index >= 15 is 0 Å². The molecule has 104 valence electrons. The van der Waals surface area contributed by atoms with Crippen LogP contribution in [0.4, 0.5) is 13.2 Å². The molecule has 1 unspecified atom stereocenters. The fraction of sp³-hybridized carbons (Fsp3) is 0.250. The standard InChI is InChI=1S/C16H14F3N/c17-16(18,19)14-7-2-1-4-12(14)10-5-3-6-13-11(10)8-9-15(13)20/h1-7,15H,8-9,20H2. The number of hydrogen-bond donors (Lipinski definition) is 1. The van der Waals surface area contributed by atoms with Crippen LogP contribution < -0.4 is 5.73 Å². The Kier molecular flexibility index (Phi) is 3.05. The largest absolute Gasteiger partial charge is 0.417 e. The number of nitrogens with two attached hydrogens (primary N) is 1. The van der Waals surface area contributed by atoms with Gasteiger partial charge < -0.3 is 5.73 Å². The van der Waals surface area contributed by atoms with Gasteiger partial charge in [-0.15, -0.1) is 0 Å². The zero-order chi connectivity index (χ0) is 14.3. The van der Waals surface area contributed by atoms with Gasteiger partial charge in [0.25, 0.3) is 0 Å². The first kappa shape index (κ1) is 13.2. The van der Waals surface area contributed by atoms with Gasteiger partial charge in [0.05, 0.1) is 5.56 Å². The van der Waals surface area contributed by atoms with Crippen LogP contribution in [0.5, 0.6) is 0 Å². The maximum Gasteiger partial charge on any atom is 0.417 e. The molecule has 2 aromatic carbocycles. The zero-order valence-electron chi connectivity index (χ0n) is 10.7. The van der Waals surface area contributed by atoms with Crippen LogP contribution in [0.3, 0.4) is 0 Å². The molecular weight excluding hydrogens is 263 g/mol. The van der Waals surface area contributed by atoms with Crippen molar-refractivity contribution < 1.29 is 13.2 Å². The minimum Gasteiger partial charge on any atom is -0.324 e. The zero-order valence-corrected chi connectivity index (χ0v) is 10.7. The summed E-state index contributed by atoms with van der Waals surface area (Å²) in [5.41, 5.74) is 8.23. The monoisotopic (exact) mass is 277 g/mol. The Labute approximate surface area is 115 Å². The van der Waals surface area contributed by atoms with Gasteiger partial charge in [-0.25, -0.2) is 0 Å². The summed E-state index contributed by atoms with van der Waals surface area (Å²) in [6.45, 7) is 0. The molecule has 1 nitrogen and oxygen atoms in total. The molecule has 0 saturated heterocycles. The fourth-order valence-corrected chi connectivity index (χ4v) is 2.90. The maximum absolute atomic E-state index is 13.1. The molecule has 0 amide bonds. The highest BCUT2D eigenvalue weighted by atomic mass is 19.4. The van der Waals surface area contributed by atoms with E-state index in [9.17, 15) is 13.2 Å². The third-order valence-electron chi connectivity index (χ3n) is 3.84. The highest BCUT2D eigenvalue weighted by Gasteiger charge is 2.34. The number of halogens is 3. The first-order valence-electron chi connectivity index (χ1n) is 6.52. The van der Waals surface area contributed by atoms with E-state index in [0.29, 0.717) is 5.56 Å². The predicted molar refractivity (Wildman–Crippen MR) is 72.1 cm³/mol. The average Bonchev–Trinajstić information content (AvgIpc) is 2.80. The number of fused-ring (bicyclic) bond motifs is 1. The van der Waals surface area contributed by atoms with E-state index < -0.39 is 11.7 Å². The molecule has 0 saturated carbocycles. The molecule has 0 heterocycles. The van der Waals surface area contributed by atoms with E-state index in [1.807, 2.05) is 6.07 Å². The second-order valence-corrected chi connectivity index (χ2v) is 5.06. The number of alkyl halides is 3. The lowest BCUT2D eigenvalue weighted by Gasteiger charge is -2.16. The lowest BCUT2D eigenvalue weighted by atomic mass is 9.93. The normalized spacial score (nSPS) is 18.1. The van der Waals surface area contributed by atoms with Crippen LogP contribution >= 0.6 is 0 Å². The molecule has 0 bridgehead atoms. The molecular formula is C16H14F3N. The van der Waals surface area contributed by atoms with Crippen molar-refractivity contribution in [2.24, 2.45) is 5.73 Å². The van der Waals surface area contributed by atoms with Crippen LogP contribution in [0, 0.1) is 0 Å². The second-order valence-electron chi connectivity index (χ2n) is 5.06. The van der Waals surface area contributed by atoms with Crippen molar-refractivity contribution in [1.82, 2.24) is 0 Å². The smallest absolute Gasteiger partial charge is 0.324 e. The minimum atomic E-state index is -4.35. The molecule has 0 fully saturated rings. The number of benzene rings is 2. The van der Waals surface area contributed by atoms with Gasteiger partial charge >= 0.3 is 6.18 Å². The Bertz CT molecular complexity index is 646. The third-order valence-corrected chi connectivity index (χ3v) is 3.84. The van der Waals surface area contributed by atoms with Gasteiger partial charge in [0, 0.05) is 6.04 Å². The van der Waals surface area contributed by atoms with Crippen LogP contribution in [0.15, 0.2) is 42.5 Å². The molecule has 2 N–H and O–H groups in total. The van der Waals surface area contributed by atoms with E-state index in [-0.39, 0.29) is 11.6 Å². The molecule has 0 spiro atoms. The lowest BCUT2D eigenvalue weighted by Crippen LogP contribution is -2.08. The van der Waals surface area contributed by atoms with Gasteiger partial charge in [-0.2, -0.15) is 13.2 Å². The van der Waals surface area contributed by atoms with Crippen LogP contribution in [0.25, 0.3) is 11.1 Å². The second kappa shape index (κ2) is 4.63. The van der Waals surface area contributed by atoms with Crippen LogP contribution in [-0.2, 0) is 12.6 Å². The van der Waals surface area contributed by atoms with Gasteiger partial charge in [-0.1, -0.05) is 36.4 Å². The summed E-state index contributed by atoms with van der Waals surface area (Å²) in [4.78, 5) is 0. The van der Waals surface area contributed by atoms with Gasteiger partial charge in [-0.3, -0.25) is 0 Å². The molecule has 2 aromatic rings. The van der Waals surface area contributed by atoms with Gasteiger partial charge in [0.15, 0.2) is 0 Å². The topological polar surface area (TPSA) is 26.0 Å². The van der Waals surface area contributed by atoms with Crippen molar-refractivity contribution in [3.8, 4) is 11.1 Å². The Morgan fingerprint density at radius 3 is 2.40 bits per heavy atom. The SMILES string of the molecule is NC1CCc2c(-c3ccccc3C(F)(F)F)cccc21. The molecule has 0 aromatic heterocycles. The highest BCUT2D eigenvalue weighted by molar-refractivity contribution is 5.73. The summed E-state index contributed by atoms with van der Waals surface area (Å²) in [7, 11) is 0. The molecule has 0 radical (unpaired) electrons. The van der Waals surface area contributed by atoms with Crippen molar-refractivity contribution >= 4 is 0 Å². The average molecular weight is 277 g/mol. The summed E-state index contributed by atoms with van der Waals surface area (Å²) in [6.07, 6.45) is -2.82. The number of rotatable bonds is 1. The van der Waals surface area contributed by atoms with E-state index in [2.05, 4.69) is 0 Å². The van der Waals surface area contributed by atoms with Crippen LogP contribution in [0.1, 0.15) is 29.2 Å².